The van der Waals surface area contributed by atoms with E-state index in [9.17, 15) is 4.79 Å². The second kappa shape index (κ2) is 6.98. The summed E-state index contributed by atoms with van der Waals surface area (Å²) in [7, 11) is 0. The molecule has 2 rings (SSSR count). The van der Waals surface area contributed by atoms with Gasteiger partial charge >= 0.3 is 6.09 Å². The standard InChI is InChI=1S/C16H27N3O2/c1-16(2,3)21-15(20)19-11-13-5-4-6-14(13)18-10-12-7-8-17-9-12/h7-9,13-14,17-18H,4-6,10-11H2,1-3H3,(H,19,20)/t13-,14+/m1/s1. The highest BCUT2D eigenvalue weighted by Crippen LogP contribution is 2.25. The molecule has 21 heavy (non-hydrogen) atoms. The minimum Gasteiger partial charge on any atom is -0.444 e. The van der Waals surface area contributed by atoms with Gasteiger partial charge in [0.1, 0.15) is 5.60 Å². The number of carbonyl (C=O) groups excluding carboxylic acids is 1. The second-order valence-corrected chi connectivity index (χ2v) is 6.78. The lowest BCUT2D eigenvalue weighted by Gasteiger charge is -2.23. The number of hydrogen-bond donors (Lipinski definition) is 3. The molecule has 1 heterocycles. The first-order valence-corrected chi connectivity index (χ1v) is 7.76. The van der Waals surface area contributed by atoms with E-state index in [1.165, 1.54) is 18.4 Å². The Morgan fingerprint density at radius 3 is 2.90 bits per heavy atom. The molecule has 0 radical (unpaired) electrons. The van der Waals surface area contributed by atoms with Crippen molar-refractivity contribution in [1.29, 1.82) is 0 Å². The zero-order valence-electron chi connectivity index (χ0n) is 13.2. The molecular formula is C16H27N3O2. The van der Waals surface area contributed by atoms with Gasteiger partial charge in [-0.05, 0) is 51.2 Å². The van der Waals surface area contributed by atoms with Crippen molar-refractivity contribution in [2.75, 3.05) is 6.54 Å². The summed E-state index contributed by atoms with van der Waals surface area (Å²) in [6.07, 6.45) is 7.17. The van der Waals surface area contributed by atoms with E-state index in [0.717, 1.165) is 13.0 Å². The van der Waals surface area contributed by atoms with Crippen LogP contribution in [0, 0.1) is 5.92 Å². The summed E-state index contributed by atoms with van der Waals surface area (Å²) < 4.78 is 5.28. The van der Waals surface area contributed by atoms with Gasteiger partial charge in [0.2, 0.25) is 0 Å². The second-order valence-electron chi connectivity index (χ2n) is 6.78. The van der Waals surface area contributed by atoms with Crippen molar-refractivity contribution in [3.63, 3.8) is 0 Å². The fraction of sp³-hybridized carbons (Fsp3) is 0.688. The molecule has 5 nitrogen and oxygen atoms in total. The maximum absolute atomic E-state index is 11.7. The van der Waals surface area contributed by atoms with Crippen LogP contribution in [0.25, 0.3) is 0 Å². The third-order valence-corrected chi connectivity index (χ3v) is 3.80. The number of aromatic nitrogens is 1. The summed E-state index contributed by atoms with van der Waals surface area (Å²) in [5, 5.41) is 6.49. The minimum absolute atomic E-state index is 0.321. The Morgan fingerprint density at radius 1 is 1.43 bits per heavy atom. The van der Waals surface area contributed by atoms with Crippen LogP contribution < -0.4 is 10.6 Å². The van der Waals surface area contributed by atoms with Crippen LogP contribution in [0.2, 0.25) is 0 Å². The third-order valence-electron chi connectivity index (χ3n) is 3.80. The summed E-state index contributed by atoms with van der Waals surface area (Å²) in [6, 6.07) is 2.55. The molecule has 1 aromatic rings. The zero-order chi connectivity index (χ0) is 15.3. The first-order chi connectivity index (χ1) is 9.94. The molecule has 2 atom stereocenters. The fourth-order valence-electron chi connectivity index (χ4n) is 2.80. The quantitative estimate of drug-likeness (QED) is 0.782. The summed E-state index contributed by atoms with van der Waals surface area (Å²) >= 11 is 0. The van der Waals surface area contributed by atoms with E-state index in [0.29, 0.717) is 18.5 Å². The van der Waals surface area contributed by atoms with Gasteiger partial charge in [-0.1, -0.05) is 6.42 Å². The molecule has 1 aliphatic carbocycles. The molecule has 118 valence electrons. The van der Waals surface area contributed by atoms with Crippen LogP contribution in [0.4, 0.5) is 4.79 Å². The number of ether oxygens (including phenoxy) is 1. The molecule has 0 spiro atoms. The molecule has 1 amide bonds. The lowest BCUT2D eigenvalue weighted by molar-refractivity contribution is 0.0517. The lowest BCUT2D eigenvalue weighted by atomic mass is 10.0. The van der Waals surface area contributed by atoms with Crippen LogP contribution in [0.5, 0.6) is 0 Å². The maximum atomic E-state index is 11.7. The third kappa shape index (κ3) is 5.42. The van der Waals surface area contributed by atoms with Crippen molar-refractivity contribution in [1.82, 2.24) is 15.6 Å². The minimum atomic E-state index is -0.439. The van der Waals surface area contributed by atoms with Crippen molar-refractivity contribution in [3.8, 4) is 0 Å². The number of rotatable bonds is 5. The Balaban J connectivity index is 1.73. The fourth-order valence-corrected chi connectivity index (χ4v) is 2.80. The van der Waals surface area contributed by atoms with Crippen molar-refractivity contribution in [3.05, 3.63) is 24.0 Å². The monoisotopic (exact) mass is 293 g/mol. The predicted octanol–water partition coefficient (Wildman–Crippen LogP) is 2.80. The van der Waals surface area contributed by atoms with Crippen LogP contribution in [0.3, 0.4) is 0 Å². The summed E-state index contributed by atoms with van der Waals surface area (Å²) in [5.74, 6) is 0.483. The molecule has 1 aliphatic rings. The zero-order valence-corrected chi connectivity index (χ0v) is 13.2. The Bertz CT molecular complexity index is 437. The first-order valence-electron chi connectivity index (χ1n) is 7.76. The van der Waals surface area contributed by atoms with E-state index in [2.05, 4.69) is 21.7 Å². The first kappa shape index (κ1) is 15.9. The van der Waals surface area contributed by atoms with Crippen LogP contribution in [-0.2, 0) is 11.3 Å². The number of H-pyrrole nitrogens is 1. The molecule has 1 saturated carbocycles. The van der Waals surface area contributed by atoms with E-state index in [-0.39, 0.29) is 6.09 Å². The van der Waals surface area contributed by atoms with Gasteiger partial charge in [-0.15, -0.1) is 0 Å². The topological polar surface area (TPSA) is 66.2 Å². The lowest BCUT2D eigenvalue weighted by Crippen LogP contribution is -2.40. The van der Waals surface area contributed by atoms with E-state index in [1.807, 2.05) is 33.2 Å². The van der Waals surface area contributed by atoms with Crippen molar-refractivity contribution in [2.24, 2.45) is 5.92 Å². The molecule has 1 aromatic heterocycles. The number of hydrogen-bond acceptors (Lipinski definition) is 3. The Morgan fingerprint density at radius 2 is 2.24 bits per heavy atom. The highest BCUT2D eigenvalue weighted by Gasteiger charge is 2.27. The smallest absolute Gasteiger partial charge is 0.407 e. The molecule has 1 fully saturated rings. The normalized spacial score (nSPS) is 22.2. The number of amides is 1. The molecule has 3 N–H and O–H groups in total. The molecule has 0 unspecified atom stereocenters. The number of alkyl carbamates (subject to hydrolysis) is 1. The van der Waals surface area contributed by atoms with Gasteiger partial charge in [-0.25, -0.2) is 4.79 Å². The SMILES string of the molecule is CC(C)(C)OC(=O)NC[C@H]1CCC[C@@H]1NCc1cc[nH]c1. The van der Waals surface area contributed by atoms with E-state index >= 15 is 0 Å². The summed E-state index contributed by atoms with van der Waals surface area (Å²) in [6.45, 7) is 7.19. The molecular weight excluding hydrogens is 266 g/mol. The summed E-state index contributed by atoms with van der Waals surface area (Å²) in [5.41, 5.74) is 0.826. The van der Waals surface area contributed by atoms with Crippen LogP contribution >= 0.6 is 0 Å². The van der Waals surface area contributed by atoms with Gasteiger partial charge in [-0.2, -0.15) is 0 Å². The highest BCUT2D eigenvalue weighted by molar-refractivity contribution is 5.67. The van der Waals surface area contributed by atoms with E-state index < -0.39 is 5.60 Å². The van der Waals surface area contributed by atoms with Gasteiger partial charge in [0.15, 0.2) is 0 Å². The van der Waals surface area contributed by atoms with Gasteiger partial charge in [0.25, 0.3) is 0 Å². The number of carbonyl (C=O) groups is 1. The van der Waals surface area contributed by atoms with Gasteiger partial charge in [0, 0.05) is 31.5 Å². The molecule has 0 bridgehead atoms. The van der Waals surface area contributed by atoms with Crippen LogP contribution in [0.15, 0.2) is 18.5 Å². The van der Waals surface area contributed by atoms with Gasteiger partial charge in [-0.3, -0.25) is 0 Å². The van der Waals surface area contributed by atoms with Crippen molar-refractivity contribution in [2.45, 2.75) is 58.2 Å². The predicted molar refractivity (Wildman–Crippen MR) is 83.0 cm³/mol. The molecule has 0 aromatic carbocycles. The van der Waals surface area contributed by atoms with Crippen LogP contribution in [-0.4, -0.2) is 29.3 Å². The largest absolute Gasteiger partial charge is 0.444 e. The van der Waals surface area contributed by atoms with E-state index in [4.69, 9.17) is 4.74 Å². The number of aromatic amines is 1. The average Bonchev–Trinajstić information content (AvgIpc) is 3.03. The average molecular weight is 293 g/mol. The Labute approximate surface area is 126 Å². The summed E-state index contributed by atoms with van der Waals surface area (Å²) in [4.78, 5) is 14.8. The molecule has 0 saturated heterocycles. The number of nitrogens with one attached hydrogen (secondary N) is 3. The molecule has 0 aliphatic heterocycles. The van der Waals surface area contributed by atoms with Crippen LogP contribution in [0.1, 0.15) is 45.6 Å². The van der Waals surface area contributed by atoms with E-state index in [1.54, 1.807) is 0 Å². The molecule has 5 heteroatoms. The maximum Gasteiger partial charge on any atom is 0.407 e. The Hall–Kier alpha value is -1.49. The Kier molecular flexibility index (Phi) is 5.28. The van der Waals surface area contributed by atoms with Gasteiger partial charge in [0.05, 0.1) is 0 Å². The van der Waals surface area contributed by atoms with Crippen molar-refractivity contribution < 1.29 is 9.53 Å². The van der Waals surface area contributed by atoms with Gasteiger partial charge < -0.3 is 20.4 Å². The highest BCUT2D eigenvalue weighted by atomic mass is 16.6. The van der Waals surface area contributed by atoms with Crippen molar-refractivity contribution >= 4 is 6.09 Å².